The molecular formula is C26H36N2O4. The van der Waals surface area contributed by atoms with Crippen LogP contribution in [0, 0.1) is 20.8 Å². The van der Waals surface area contributed by atoms with Crippen molar-refractivity contribution in [3.8, 4) is 0 Å². The average molecular weight is 441 g/mol. The van der Waals surface area contributed by atoms with E-state index in [1.807, 2.05) is 52.8 Å². The van der Waals surface area contributed by atoms with Gasteiger partial charge in [0.25, 0.3) is 5.91 Å². The Morgan fingerprint density at radius 3 is 1.91 bits per heavy atom. The van der Waals surface area contributed by atoms with Crippen molar-refractivity contribution in [2.24, 2.45) is 0 Å². The fraction of sp³-hybridized carbons (Fsp3) is 0.423. The lowest BCUT2D eigenvalue weighted by molar-refractivity contribution is -0.119. The number of nitrogens with zero attached hydrogens (tertiary/aromatic N) is 1. The molecule has 1 heterocycles. The molecule has 1 saturated heterocycles. The lowest BCUT2D eigenvalue weighted by atomic mass is 10.0. The quantitative estimate of drug-likeness (QED) is 0.629. The summed E-state index contributed by atoms with van der Waals surface area (Å²) in [7, 11) is 0. The predicted molar refractivity (Wildman–Crippen MR) is 131 cm³/mol. The molecule has 1 amide bonds. The Labute approximate surface area is 191 Å². The smallest absolute Gasteiger partial charge is 0.335 e. The Hall–Kier alpha value is -3.15. The number of carbonyl (C=O) groups is 3. The molecule has 1 aliphatic heterocycles. The van der Waals surface area contributed by atoms with Crippen LogP contribution in [-0.2, 0) is 4.79 Å². The number of carbonyl (C=O) groups excluding carboxylic acids is 2. The molecule has 1 fully saturated rings. The van der Waals surface area contributed by atoms with E-state index in [9.17, 15) is 19.5 Å². The van der Waals surface area contributed by atoms with Gasteiger partial charge in [0.1, 0.15) is 5.78 Å². The first-order valence-corrected chi connectivity index (χ1v) is 11.3. The van der Waals surface area contributed by atoms with Gasteiger partial charge in [0.2, 0.25) is 0 Å². The normalized spacial score (nSPS) is 12.7. The minimum Gasteiger partial charge on any atom is -0.478 e. The van der Waals surface area contributed by atoms with Crippen molar-refractivity contribution < 1.29 is 19.5 Å². The third-order valence-electron chi connectivity index (χ3n) is 5.17. The number of aryl methyl sites for hydroxylation is 3. The molecule has 0 aromatic heterocycles. The molecule has 0 atom stereocenters. The van der Waals surface area contributed by atoms with E-state index in [0.29, 0.717) is 48.3 Å². The van der Waals surface area contributed by atoms with Crippen molar-refractivity contribution >= 4 is 29.0 Å². The summed E-state index contributed by atoms with van der Waals surface area (Å²) in [4.78, 5) is 37.7. The first-order valence-electron chi connectivity index (χ1n) is 11.3. The largest absolute Gasteiger partial charge is 0.478 e. The van der Waals surface area contributed by atoms with E-state index >= 15 is 0 Å². The standard InChI is InChI=1S/C22H24N2O4.2C2H6/c1-13-4-5-17(24-8-6-18(25)7-9-24)12-19(13)21(26)23-20-14(2)10-16(22(27)28)11-15(20)3;2*1-2/h4-5,10-12H,6-9H2,1-3H3,(H,23,26)(H,27,28);2*1-2H3. The fourth-order valence-corrected chi connectivity index (χ4v) is 3.53. The van der Waals surface area contributed by atoms with Crippen LogP contribution in [0.15, 0.2) is 30.3 Å². The highest BCUT2D eigenvalue weighted by molar-refractivity contribution is 6.07. The van der Waals surface area contributed by atoms with Crippen molar-refractivity contribution in [3.63, 3.8) is 0 Å². The van der Waals surface area contributed by atoms with Gasteiger partial charge < -0.3 is 15.3 Å². The van der Waals surface area contributed by atoms with Gasteiger partial charge in [-0.25, -0.2) is 4.79 Å². The summed E-state index contributed by atoms with van der Waals surface area (Å²) in [5.74, 6) is -0.952. The summed E-state index contributed by atoms with van der Waals surface area (Å²) in [5, 5.41) is 12.1. The molecule has 6 heteroatoms. The number of amides is 1. The maximum absolute atomic E-state index is 12.9. The molecule has 32 heavy (non-hydrogen) atoms. The number of benzene rings is 2. The van der Waals surface area contributed by atoms with Gasteiger partial charge in [0.15, 0.2) is 0 Å². The van der Waals surface area contributed by atoms with Gasteiger partial charge in [0.05, 0.1) is 5.56 Å². The van der Waals surface area contributed by atoms with Crippen molar-refractivity contribution in [2.75, 3.05) is 23.3 Å². The van der Waals surface area contributed by atoms with Crippen LogP contribution in [0.1, 0.15) is 77.9 Å². The van der Waals surface area contributed by atoms with Gasteiger partial charge >= 0.3 is 5.97 Å². The third kappa shape index (κ3) is 6.67. The predicted octanol–water partition coefficient (Wildman–Crippen LogP) is 5.78. The van der Waals surface area contributed by atoms with Crippen molar-refractivity contribution in [2.45, 2.75) is 61.3 Å². The minimum absolute atomic E-state index is 0.200. The molecule has 0 spiro atoms. The SMILES string of the molecule is CC.CC.Cc1ccc(N2CCC(=O)CC2)cc1C(=O)Nc1c(C)cc(C(=O)O)cc1C. The van der Waals surface area contributed by atoms with E-state index in [2.05, 4.69) is 10.2 Å². The Morgan fingerprint density at radius 2 is 1.41 bits per heavy atom. The van der Waals surface area contributed by atoms with Crippen LogP contribution < -0.4 is 10.2 Å². The fourth-order valence-electron chi connectivity index (χ4n) is 3.53. The van der Waals surface area contributed by atoms with Crippen molar-refractivity contribution in [3.05, 3.63) is 58.1 Å². The number of ketones is 1. The number of aromatic carboxylic acids is 1. The first kappa shape index (κ1) is 26.9. The number of Topliss-reactive ketones (excluding diaryl/α,β-unsaturated/α-hetero) is 1. The maximum Gasteiger partial charge on any atom is 0.335 e. The molecule has 6 nitrogen and oxygen atoms in total. The molecule has 3 rings (SSSR count). The van der Waals surface area contributed by atoms with Crippen molar-refractivity contribution in [1.82, 2.24) is 0 Å². The summed E-state index contributed by atoms with van der Waals surface area (Å²) in [6, 6.07) is 8.85. The van der Waals surface area contributed by atoms with E-state index in [1.165, 1.54) is 0 Å². The van der Waals surface area contributed by atoms with Crippen molar-refractivity contribution in [1.29, 1.82) is 0 Å². The molecule has 0 bridgehead atoms. The van der Waals surface area contributed by atoms with E-state index < -0.39 is 5.97 Å². The second-order valence-corrected chi connectivity index (χ2v) is 7.27. The van der Waals surface area contributed by atoms with Crippen LogP contribution in [0.3, 0.4) is 0 Å². The number of nitrogens with one attached hydrogen (secondary N) is 1. The van der Waals surface area contributed by atoms with Gasteiger partial charge in [0, 0.05) is 42.9 Å². The maximum atomic E-state index is 12.9. The molecule has 0 unspecified atom stereocenters. The second kappa shape index (κ2) is 12.6. The van der Waals surface area contributed by atoms with E-state index in [0.717, 1.165) is 11.3 Å². The zero-order valence-corrected chi connectivity index (χ0v) is 20.3. The van der Waals surface area contributed by atoms with Crippen LogP contribution in [0.2, 0.25) is 0 Å². The Balaban J connectivity index is 0.00000121. The molecule has 2 aromatic carbocycles. The molecular weight excluding hydrogens is 404 g/mol. The summed E-state index contributed by atoms with van der Waals surface area (Å²) < 4.78 is 0. The zero-order valence-electron chi connectivity index (χ0n) is 20.3. The average Bonchev–Trinajstić information content (AvgIpc) is 2.79. The molecule has 174 valence electrons. The monoisotopic (exact) mass is 440 g/mol. The van der Waals surface area contributed by atoms with Gasteiger partial charge in [-0.3, -0.25) is 9.59 Å². The van der Waals surface area contributed by atoms with Gasteiger partial charge in [-0.15, -0.1) is 0 Å². The van der Waals surface area contributed by atoms with Crippen LogP contribution in [0.5, 0.6) is 0 Å². The summed E-state index contributed by atoms with van der Waals surface area (Å²) in [5.41, 5.74) is 4.58. The number of hydrogen-bond donors (Lipinski definition) is 2. The molecule has 0 saturated carbocycles. The van der Waals surface area contributed by atoms with Crippen LogP contribution in [0.4, 0.5) is 11.4 Å². The van der Waals surface area contributed by atoms with E-state index in [1.54, 1.807) is 26.0 Å². The molecule has 0 radical (unpaired) electrons. The highest BCUT2D eigenvalue weighted by Crippen LogP contribution is 2.26. The lowest BCUT2D eigenvalue weighted by Crippen LogP contribution is -2.33. The summed E-state index contributed by atoms with van der Waals surface area (Å²) in [6.07, 6.45) is 1.06. The molecule has 2 N–H and O–H groups in total. The number of hydrogen-bond acceptors (Lipinski definition) is 4. The van der Waals surface area contributed by atoms with Gasteiger partial charge in [-0.2, -0.15) is 0 Å². The first-order chi connectivity index (χ1) is 15.3. The van der Waals surface area contributed by atoms with E-state index in [4.69, 9.17) is 0 Å². The number of carboxylic acids is 1. The van der Waals surface area contributed by atoms with E-state index in [-0.39, 0.29) is 17.3 Å². The number of rotatable bonds is 4. The number of anilines is 2. The minimum atomic E-state index is -0.993. The highest BCUT2D eigenvalue weighted by Gasteiger charge is 2.19. The van der Waals surface area contributed by atoms with Crippen LogP contribution in [0.25, 0.3) is 0 Å². The lowest BCUT2D eigenvalue weighted by Gasteiger charge is -2.28. The topological polar surface area (TPSA) is 86.7 Å². The van der Waals surface area contributed by atoms with Crippen LogP contribution >= 0.6 is 0 Å². The van der Waals surface area contributed by atoms with Crippen LogP contribution in [-0.4, -0.2) is 35.9 Å². The Morgan fingerprint density at radius 1 is 0.875 bits per heavy atom. The molecule has 0 aliphatic carbocycles. The van der Waals surface area contributed by atoms with Gasteiger partial charge in [-0.1, -0.05) is 33.8 Å². The van der Waals surface area contributed by atoms with Gasteiger partial charge in [-0.05, 0) is 61.7 Å². The zero-order chi connectivity index (χ0) is 24.4. The number of carboxylic acid groups (broad SMARTS) is 1. The Kier molecular flexibility index (Phi) is 10.6. The number of piperidine rings is 1. The molecule has 1 aliphatic rings. The molecule has 2 aromatic rings. The summed E-state index contributed by atoms with van der Waals surface area (Å²) in [6.45, 7) is 14.8. The second-order valence-electron chi connectivity index (χ2n) is 7.27. The highest BCUT2D eigenvalue weighted by atomic mass is 16.4. The summed E-state index contributed by atoms with van der Waals surface area (Å²) >= 11 is 0. The third-order valence-corrected chi connectivity index (χ3v) is 5.17. The Bertz CT molecular complexity index is 933.